The molecular formula is C20H23NO3S. The third kappa shape index (κ3) is 6.27. The second kappa shape index (κ2) is 9.89. The zero-order valence-electron chi connectivity index (χ0n) is 14.5. The van der Waals surface area contributed by atoms with Crippen LogP contribution < -0.4 is 10.1 Å². The largest absolute Gasteiger partial charge is 0.497 e. The molecule has 0 aliphatic carbocycles. The normalized spacial score (nSPS) is 11.6. The van der Waals surface area contributed by atoms with Crippen LogP contribution in [0.1, 0.15) is 34.5 Å². The maximum Gasteiger partial charge on any atom is 0.216 e. The highest BCUT2D eigenvalue weighted by Crippen LogP contribution is 2.34. The third-order valence-corrected chi connectivity index (χ3v) is 5.03. The number of methoxy groups -OCH3 is 1. The number of amides is 1. The van der Waals surface area contributed by atoms with Crippen molar-refractivity contribution in [3.05, 3.63) is 65.7 Å². The van der Waals surface area contributed by atoms with Crippen molar-refractivity contribution < 1.29 is 14.3 Å². The van der Waals surface area contributed by atoms with Crippen molar-refractivity contribution in [3.63, 3.8) is 0 Å². The van der Waals surface area contributed by atoms with E-state index in [-0.39, 0.29) is 16.9 Å². The van der Waals surface area contributed by atoms with Crippen LogP contribution in [0.2, 0.25) is 0 Å². The van der Waals surface area contributed by atoms with Gasteiger partial charge in [-0.2, -0.15) is 11.8 Å². The van der Waals surface area contributed by atoms with Gasteiger partial charge in [-0.3, -0.25) is 9.59 Å². The highest BCUT2D eigenvalue weighted by Gasteiger charge is 2.18. The molecule has 2 rings (SSSR count). The van der Waals surface area contributed by atoms with E-state index >= 15 is 0 Å². The summed E-state index contributed by atoms with van der Waals surface area (Å²) < 4.78 is 5.20. The molecule has 0 radical (unpaired) electrons. The SMILES string of the molecule is COc1ccc(C(CC(=O)c2ccccc2)SCCNC(C)=O)cc1. The Morgan fingerprint density at radius 3 is 2.36 bits per heavy atom. The van der Waals surface area contributed by atoms with Crippen LogP contribution in [0.4, 0.5) is 0 Å². The molecule has 0 spiro atoms. The molecule has 0 saturated carbocycles. The van der Waals surface area contributed by atoms with E-state index in [2.05, 4.69) is 5.32 Å². The van der Waals surface area contributed by atoms with Crippen molar-refractivity contribution in [2.24, 2.45) is 0 Å². The van der Waals surface area contributed by atoms with Crippen molar-refractivity contribution in [3.8, 4) is 5.75 Å². The Kier molecular flexibility index (Phi) is 7.54. The molecule has 2 aromatic rings. The number of carbonyl (C=O) groups excluding carboxylic acids is 2. The molecule has 25 heavy (non-hydrogen) atoms. The van der Waals surface area contributed by atoms with Crippen molar-refractivity contribution in [2.75, 3.05) is 19.4 Å². The van der Waals surface area contributed by atoms with Crippen molar-refractivity contribution in [1.82, 2.24) is 5.32 Å². The van der Waals surface area contributed by atoms with Gasteiger partial charge in [0.05, 0.1) is 7.11 Å². The second-order valence-electron chi connectivity index (χ2n) is 5.61. The molecule has 4 nitrogen and oxygen atoms in total. The Hall–Kier alpha value is -2.27. The molecule has 0 fully saturated rings. The van der Waals surface area contributed by atoms with Gasteiger partial charge in [-0.1, -0.05) is 42.5 Å². The lowest BCUT2D eigenvalue weighted by Gasteiger charge is -2.17. The van der Waals surface area contributed by atoms with Crippen molar-refractivity contribution >= 4 is 23.5 Å². The molecule has 2 aromatic carbocycles. The molecular weight excluding hydrogens is 334 g/mol. The van der Waals surface area contributed by atoms with Crippen molar-refractivity contribution in [1.29, 1.82) is 0 Å². The van der Waals surface area contributed by atoms with Gasteiger partial charge < -0.3 is 10.1 Å². The van der Waals surface area contributed by atoms with Gasteiger partial charge in [-0.05, 0) is 17.7 Å². The van der Waals surface area contributed by atoms with Gasteiger partial charge in [0.1, 0.15) is 5.75 Å². The predicted molar refractivity (Wildman–Crippen MR) is 102 cm³/mol. The van der Waals surface area contributed by atoms with Gasteiger partial charge in [0.15, 0.2) is 5.78 Å². The first-order valence-electron chi connectivity index (χ1n) is 8.18. The molecule has 5 heteroatoms. The van der Waals surface area contributed by atoms with Gasteiger partial charge in [0.2, 0.25) is 5.91 Å². The van der Waals surface area contributed by atoms with Crippen LogP contribution in [0.5, 0.6) is 5.75 Å². The van der Waals surface area contributed by atoms with Gasteiger partial charge in [-0.15, -0.1) is 0 Å². The van der Waals surface area contributed by atoms with Gasteiger partial charge in [0.25, 0.3) is 0 Å². The Morgan fingerprint density at radius 2 is 1.76 bits per heavy atom. The van der Waals surface area contributed by atoms with Crippen LogP contribution in [-0.4, -0.2) is 31.1 Å². The van der Waals surface area contributed by atoms with Crippen LogP contribution in [-0.2, 0) is 4.79 Å². The summed E-state index contributed by atoms with van der Waals surface area (Å²) in [5.74, 6) is 1.62. The summed E-state index contributed by atoms with van der Waals surface area (Å²) >= 11 is 1.68. The smallest absolute Gasteiger partial charge is 0.216 e. The summed E-state index contributed by atoms with van der Waals surface area (Å²) in [6.07, 6.45) is 0.418. The number of hydrogen-bond acceptors (Lipinski definition) is 4. The van der Waals surface area contributed by atoms with E-state index in [4.69, 9.17) is 4.74 Å². The number of ether oxygens (including phenoxy) is 1. The molecule has 0 bridgehead atoms. The zero-order chi connectivity index (χ0) is 18.1. The summed E-state index contributed by atoms with van der Waals surface area (Å²) in [5.41, 5.74) is 1.81. The number of Topliss-reactive ketones (excluding diaryl/α,β-unsaturated/α-hetero) is 1. The van der Waals surface area contributed by atoms with Crippen LogP contribution in [0.25, 0.3) is 0 Å². The fourth-order valence-electron chi connectivity index (χ4n) is 2.43. The number of rotatable bonds is 9. The van der Waals surface area contributed by atoms with E-state index in [0.717, 1.165) is 22.6 Å². The third-order valence-electron chi connectivity index (χ3n) is 3.75. The second-order valence-corrected chi connectivity index (χ2v) is 6.92. The average Bonchev–Trinajstić information content (AvgIpc) is 2.64. The summed E-state index contributed by atoms with van der Waals surface area (Å²) in [6, 6.07) is 17.1. The Labute approximate surface area is 153 Å². The zero-order valence-corrected chi connectivity index (χ0v) is 15.3. The quantitative estimate of drug-likeness (QED) is 0.547. The molecule has 0 heterocycles. The minimum Gasteiger partial charge on any atom is -0.497 e. The monoisotopic (exact) mass is 357 g/mol. The average molecular weight is 357 g/mol. The first kappa shape index (κ1) is 19.1. The Bertz CT molecular complexity index is 686. The van der Waals surface area contributed by atoms with Gasteiger partial charge >= 0.3 is 0 Å². The first-order valence-corrected chi connectivity index (χ1v) is 9.23. The minimum absolute atomic E-state index is 0.0346. The van der Waals surface area contributed by atoms with Crippen molar-refractivity contribution in [2.45, 2.75) is 18.6 Å². The van der Waals surface area contributed by atoms with E-state index in [0.29, 0.717) is 13.0 Å². The minimum atomic E-state index is -0.0399. The van der Waals surface area contributed by atoms with E-state index in [9.17, 15) is 9.59 Å². The van der Waals surface area contributed by atoms with E-state index < -0.39 is 0 Å². The molecule has 0 aliphatic rings. The molecule has 0 aliphatic heterocycles. The van der Waals surface area contributed by atoms with Crippen LogP contribution in [0.15, 0.2) is 54.6 Å². The molecule has 0 aromatic heterocycles. The fourth-order valence-corrected chi connectivity index (χ4v) is 3.55. The summed E-state index contributed by atoms with van der Waals surface area (Å²) in [5, 5.41) is 2.83. The number of benzene rings is 2. The van der Waals surface area contributed by atoms with E-state index in [1.54, 1.807) is 18.9 Å². The summed E-state index contributed by atoms with van der Waals surface area (Å²) in [6.45, 7) is 2.09. The van der Waals surface area contributed by atoms with Gasteiger partial charge in [0, 0.05) is 36.5 Å². The van der Waals surface area contributed by atoms with Crippen LogP contribution in [0, 0.1) is 0 Å². The van der Waals surface area contributed by atoms with E-state index in [1.807, 2.05) is 54.6 Å². The highest BCUT2D eigenvalue weighted by atomic mass is 32.2. The number of thioether (sulfide) groups is 1. The molecule has 0 saturated heterocycles. The predicted octanol–water partition coefficient (Wildman–Crippen LogP) is 3.88. The number of carbonyl (C=O) groups is 2. The summed E-state index contributed by atoms with van der Waals surface area (Å²) in [7, 11) is 1.63. The highest BCUT2D eigenvalue weighted by molar-refractivity contribution is 7.99. The maximum absolute atomic E-state index is 12.6. The first-order chi connectivity index (χ1) is 12.1. The number of ketones is 1. The molecule has 1 unspecified atom stereocenters. The molecule has 132 valence electrons. The Morgan fingerprint density at radius 1 is 1.08 bits per heavy atom. The lowest BCUT2D eigenvalue weighted by molar-refractivity contribution is -0.118. The van der Waals surface area contributed by atoms with Crippen LogP contribution >= 0.6 is 11.8 Å². The lowest BCUT2D eigenvalue weighted by Crippen LogP contribution is -2.22. The van der Waals surface area contributed by atoms with E-state index in [1.165, 1.54) is 6.92 Å². The summed E-state index contributed by atoms with van der Waals surface area (Å²) in [4.78, 5) is 23.6. The molecule has 1 atom stereocenters. The van der Waals surface area contributed by atoms with Crippen LogP contribution in [0.3, 0.4) is 0 Å². The lowest BCUT2D eigenvalue weighted by atomic mass is 10.0. The fraction of sp³-hybridized carbons (Fsp3) is 0.300. The Balaban J connectivity index is 2.07. The number of hydrogen-bond donors (Lipinski definition) is 1. The van der Waals surface area contributed by atoms with Gasteiger partial charge in [-0.25, -0.2) is 0 Å². The molecule has 1 N–H and O–H groups in total. The standard InChI is InChI=1S/C20H23NO3S/c1-15(22)21-12-13-25-20(17-8-10-18(24-2)11-9-17)14-19(23)16-6-4-3-5-7-16/h3-11,20H,12-14H2,1-2H3,(H,21,22). The maximum atomic E-state index is 12.6. The number of nitrogens with one attached hydrogen (secondary N) is 1. The molecule has 1 amide bonds. The topological polar surface area (TPSA) is 55.4 Å².